The molecule has 2 N–H and O–H groups in total. The third kappa shape index (κ3) is 3.83. The van der Waals surface area contributed by atoms with E-state index in [0.29, 0.717) is 12.0 Å². The van der Waals surface area contributed by atoms with E-state index in [-0.39, 0.29) is 18.3 Å². The Morgan fingerprint density at radius 3 is 2.32 bits per heavy atom. The van der Waals surface area contributed by atoms with Crippen LogP contribution in [0.3, 0.4) is 0 Å². The van der Waals surface area contributed by atoms with Crippen molar-refractivity contribution in [3.8, 4) is 0 Å². The van der Waals surface area contributed by atoms with Gasteiger partial charge in [-0.1, -0.05) is 18.2 Å². The maximum Gasteiger partial charge on any atom is 0.129 e. The molecule has 1 unspecified atom stereocenters. The first-order valence-corrected chi connectivity index (χ1v) is 5.98. The predicted octanol–water partition coefficient (Wildman–Crippen LogP) is 3.22. The Labute approximate surface area is 109 Å². The second-order valence-electron chi connectivity index (χ2n) is 4.53. The van der Waals surface area contributed by atoms with Gasteiger partial charge in [0.2, 0.25) is 0 Å². The molecule has 2 aromatic carbocycles. The SMILES string of the molecule is NC(Cc1cccc(F)c1)Cc1ccc(F)cc1F. The van der Waals surface area contributed by atoms with Gasteiger partial charge in [-0.2, -0.15) is 0 Å². The largest absolute Gasteiger partial charge is 0.327 e. The Balaban J connectivity index is 2.03. The molecule has 2 rings (SSSR count). The average molecular weight is 265 g/mol. The molecule has 19 heavy (non-hydrogen) atoms. The molecule has 4 heteroatoms. The maximum atomic E-state index is 13.5. The van der Waals surface area contributed by atoms with Crippen molar-refractivity contribution in [1.29, 1.82) is 0 Å². The summed E-state index contributed by atoms with van der Waals surface area (Å²) in [5.74, 6) is -1.53. The fourth-order valence-corrected chi connectivity index (χ4v) is 2.01. The number of hydrogen-bond acceptors (Lipinski definition) is 1. The quantitative estimate of drug-likeness (QED) is 0.902. The molecule has 2 aromatic rings. The zero-order valence-corrected chi connectivity index (χ0v) is 10.2. The number of rotatable bonds is 4. The van der Waals surface area contributed by atoms with Gasteiger partial charge < -0.3 is 5.73 Å². The summed E-state index contributed by atoms with van der Waals surface area (Å²) >= 11 is 0. The summed E-state index contributed by atoms with van der Waals surface area (Å²) in [7, 11) is 0. The second kappa shape index (κ2) is 5.89. The maximum absolute atomic E-state index is 13.5. The van der Waals surface area contributed by atoms with E-state index < -0.39 is 11.6 Å². The van der Waals surface area contributed by atoms with E-state index in [1.54, 1.807) is 12.1 Å². The minimum Gasteiger partial charge on any atom is -0.327 e. The normalized spacial score (nSPS) is 12.4. The molecule has 0 saturated carbocycles. The van der Waals surface area contributed by atoms with Crippen LogP contribution in [0.5, 0.6) is 0 Å². The molecule has 0 aliphatic heterocycles. The van der Waals surface area contributed by atoms with Gasteiger partial charge in [0.05, 0.1) is 0 Å². The summed E-state index contributed by atoms with van der Waals surface area (Å²) in [4.78, 5) is 0. The van der Waals surface area contributed by atoms with Gasteiger partial charge in [-0.25, -0.2) is 13.2 Å². The van der Waals surface area contributed by atoms with Crippen LogP contribution in [0.1, 0.15) is 11.1 Å². The van der Waals surface area contributed by atoms with Crippen molar-refractivity contribution >= 4 is 0 Å². The highest BCUT2D eigenvalue weighted by Gasteiger charge is 2.10. The molecule has 0 aliphatic rings. The lowest BCUT2D eigenvalue weighted by Crippen LogP contribution is -2.26. The van der Waals surface area contributed by atoms with E-state index in [2.05, 4.69) is 0 Å². The van der Waals surface area contributed by atoms with Crippen LogP contribution in [0.25, 0.3) is 0 Å². The molecular weight excluding hydrogens is 251 g/mol. The number of benzene rings is 2. The molecule has 0 saturated heterocycles. The van der Waals surface area contributed by atoms with Crippen LogP contribution in [0.2, 0.25) is 0 Å². The summed E-state index contributed by atoms with van der Waals surface area (Å²) in [5, 5.41) is 0. The number of halogens is 3. The van der Waals surface area contributed by atoms with Crippen molar-refractivity contribution in [3.05, 3.63) is 71.0 Å². The molecular formula is C15H14F3N. The first-order valence-electron chi connectivity index (χ1n) is 5.98. The van der Waals surface area contributed by atoms with Crippen LogP contribution in [0.15, 0.2) is 42.5 Å². The fourth-order valence-electron chi connectivity index (χ4n) is 2.01. The molecule has 100 valence electrons. The lowest BCUT2D eigenvalue weighted by atomic mass is 9.99. The van der Waals surface area contributed by atoms with Gasteiger partial charge in [-0.15, -0.1) is 0 Å². The van der Waals surface area contributed by atoms with Crippen molar-refractivity contribution in [2.45, 2.75) is 18.9 Å². The smallest absolute Gasteiger partial charge is 0.129 e. The Morgan fingerprint density at radius 2 is 1.63 bits per heavy atom. The first-order chi connectivity index (χ1) is 9.04. The van der Waals surface area contributed by atoms with Crippen molar-refractivity contribution in [2.24, 2.45) is 5.73 Å². The highest BCUT2D eigenvalue weighted by Crippen LogP contribution is 2.13. The van der Waals surface area contributed by atoms with E-state index in [4.69, 9.17) is 5.73 Å². The first kappa shape index (κ1) is 13.6. The molecule has 1 atom stereocenters. The summed E-state index contributed by atoms with van der Waals surface area (Å²) in [6, 6.07) is 9.21. The van der Waals surface area contributed by atoms with Gasteiger partial charge in [-0.05, 0) is 42.2 Å². The van der Waals surface area contributed by atoms with Gasteiger partial charge in [-0.3, -0.25) is 0 Å². The molecule has 0 aromatic heterocycles. The number of nitrogens with two attached hydrogens (primary N) is 1. The summed E-state index contributed by atoms with van der Waals surface area (Å²) < 4.78 is 39.2. The predicted molar refractivity (Wildman–Crippen MR) is 68.1 cm³/mol. The van der Waals surface area contributed by atoms with E-state index >= 15 is 0 Å². The lowest BCUT2D eigenvalue weighted by Gasteiger charge is -2.12. The zero-order valence-electron chi connectivity index (χ0n) is 10.2. The Hall–Kier alpha value is -1.81. The Morgan fingerprint density at radius 1 is 0.895 bits per heavy atom. The van der Waals surface area contributed by atoms with Crippen molar-refractivity contribution < 1.29 is 13.2 Å². The van der Waals surface area contributed by atoms with E-state index in [1.165, 1.54) is 24.3 Å². The third-order valence-corrected chi connectivity index (χ3v) is 2.88. The van der Waals surface area contributed by atoms with Gasteiger partial charge >= 0.3 is 0 Å². The topological polar surface area (TPSA) is 26.0 Å². The van der Waals surface area contributed by atoms with Crippen molar-refractivity contribution in [3.63, 3.8) is 0 Å². The molecule has 0 heterocycles. The number of hydrogen-bond donors (Lipinski definition) is 1. The molecule has 0 fully saturated rings. The van der Waals surface area contributed by atoms with Crippen molar-refractivity contribution in [1.82, 2.24) is 0 Å². The molecule has 1 nitrogen and oxygen atoms in total. The fraction of sp³-hybridized carbons (Fsp3) is 0.200. The van der Waals surface area contributed by atoms with Crippen LogP contribution in [-0.2, 0) is 12.8 Å². The highest BCUT2D eigenvalue weighted by molar-refractivity contribution is 5.22. The third-order valence-electron chi connectivity index (χ3n) is 2.88. The minimum atomic E-state index is -0.611. The Kier molecular flexibility index (Phi) is 4.22. The zero-order chi connectivity index (χ0) is 13.8. The lowest BCUT2D eigenvalue weighted by molar-refractivity contribution is 0.557. The summed E-state index contributed by atoms with van der Waals surface area (Å²) in [6.07, 6.45) is 0.719. The van der Waals surface area contributed by atoms with Crippen LogP contribution in [0.4, 0.5) is 13.2 Å². The molecule has 0 amide bonds. The molecule has 0 radical (unpaired) electrons. The average Bonchev–Trinajstić information content (AvgIpc) is 2.33. The standard InChI is InChI=1S/C15H14F3N/c16-12-3-1-2-10(6-12)7-14(19)8-11-4-5-13(17)9-15(11)18/h1-6,9,14H,7-8,19H2. The van der Waals surface area contributed by atoms with Gasteiger partial charge in [0.1, 0.15) is 17.5 Å². The second-order valence-corrected chi connectivity index (χ2v) is 4.53. The minimum absolute atomic E-state index is 0.280. The van der Waals surface area contributed by atoms with Crippen LogP contribution >= 0.6 is 0 Å². The van der Waals surface area contributed by atoms with Crippen LogP contribution < -0.4 is 5.73 Å². The van der Waals surface area contributed by atoms with Gasteiger partial charge in [0.15, 0.2) is 0 Å². The molecule has 0 aliphatic carbocycles. The monoisotopic (exact) mass is 265 g/mol. The van der Waals surface area contributed by atoms with Gasteiger partial charge in [0, 0.05) is 12.1 Å². The van der Waals surface area contributed by atoms with Crippen LogP contribution in [-0.4, -0.2) is 6.04 Å². The summed E-state index contributed by atoms with van der Waals surface area (Å²) in [5.41, 5.74) is 7.04. The Bertz CT molecular complexity index is 569. The molecule has 0 bridgehead atoms. The van der Waals surface area contributed by atoms with E-state index in [9.17, 15) is 13.2 Å². The van der Waals surface area contributed by atoms with Crippen molar-refractivity contribution in [2.75, 3.05) is 0 Å². The van der Waals surface area contributed by atoms with E-state index in [0.717, 1.165) is 11.6 Å². The summed E-state index contributed by atoms with van der Waals surface area (Å²) in [6.45, 7) is 0. The van der Waals surface area contributed by atoms with E-state index in [1.807, 2.05) is 0 Å². The van der Waals surface area contributed by atoms with Gasteiger partial charge in [0.25, 0.3) is 0 Å². The molecule has 0 spiro atoms. The highest BCUT2D eigenvalue weighted by atomic mass is 19.1. The van der Waals surface area contributed by atoms with Crippen LogP contribution in [0, 0.1) is 17.5 Å².